The molecule has 9 heteroatoms. The SMILES string of the molecule is O=C(N[C@@H](CO)C(=O)NC1=NCCS1)C(=O)c1cccs1. The van der Waals surface area contributed by atoms with Crippen LogP contribution in [0.5, 0.6) is 0 Å². The van der Waals surface area contributed by atoms with E-state index in [1.54, 1.807) is 11.4 Å². The summed E-state index contributed by atoms with van der Waals surface area (Å²) in [5.74, 6) is -1.47. The predicted octanol–water partition coefficient (Wildman–Crippen LogP) is -0.373. The highest BCUT2D eigenvalue weighted by Gasteiger charge is 2.26. The predicted molar refractivity (Wildman–Crippen MR) is 80.6 cm³/mol. The number of nitrogens with zero attached hydrogens (tertiary/aromatic N) is 1. The summed E-state index contributed by atoms with van der Waals surface area (Å²) < 4.78 is 0. The first kappa shape index (κ1) is 15.7. The lowest BCUT2D eigenvalue weighted by atomic mass is 10.2. The zero-order chi connectivity index (χ0) is 15.2. The molecule has 1 aromatic rings. The average Bonchev–Trinajstić information content (AvgIpc) is 3.16. The van der Waals surface area contributed by atoms with Gasteiger partial charge in [-0.2, -0.15) is 0 Å². The molecule has 0 saturated carbocycles. The monoisotopic (exact) mass is 327 g/mol. The average molecular weight is 327 g/mol. The molecule has 3 N–H and O–H groups in total. The van der Waals surface area contributed by atoms with E-state index in [0.29, 0.717) is 11.7 Å². The Morgan fingerprint density at radius 1 is 1.43 bits per heavy atom. The summed E-state index contributed by atoms with van der Waals surface area (Å²) in [4.78, 5) is 39.8. The van der Waals surface area contributed by atoms with Gasteiger partial charge in [0.2, 0.25) is 0 Å². The van der Waals surface area contributed by atoms with Crippen LogP contribution in [0.4, 0.5) is 0 Å². The number of nitrogens with one attached hydrogen (secondary N) is 2. The molecule has 1 aromatic heterocycles. The zero-order valence-corrected chi connectivity index (χ0v) is 12.5. The van der Waals surface area contributed by atoms with Crippen molar-refractivity contribution in [1.29, 1.82) is 0 Å². The van der Waals surface area contributed by atoms with E-state index in [-0.39, 0.29) is 4.88 Å². The van der Waals surface area contributed by atoms with Gasteiger partial charge in [0.1, 0.15) is 6.04 Å². The molecule has 2 heterocycles. The zero-order valence-electron chi connectivity index (χ0n) is 10.9. The molecule has 0 unspecified atom stereocenters. The summed E-state index contributed by atoms with van der Waals surface area (Å²) in [5, 5.41) is 16.0. The Hall–Kier alpha value is -1.71. The number of hydrogen-bond acceptors (Lipinski definition) is 7. The first-order chi connectivity index (χ1) is 10.1. The Kier molecular flexibility index (Phi) is 5.48. The quantitative estimate of drug-likeness (QED) is 0.505. The van der Waals surface area contributed by atoms with Crippen molar-refractivity contribution in [3.8, 4) is 0 Å². The number of aliphatic imine (C=N–C) groups is 1. The third-order valence-corrected chi connectivity index (χ3v) is 4.33. The number of rotatable bonds is 5. The Labute approximate surface area is 128 Å². The van der Waals surface area contributed by atoms with E-state index in [1.165, 1.54) is 17.8 Å². The Balaban J connectivity index is 1.93. The molecule has 0 spiro atoms. The molecule has 0 fully saturated rings. The Morgan fingerprint density at radius 3 is 2.81 bits per heavy atom. The van der Waals surface area contributed by atoms with Crippen LogP contribution in [0.25, 0.3) is 0 Å². The summed E-state index contributed by atoms with van der Waals surface area (Å²) in [5.41, 5.74) is 0. The van der Waals surface area contributed by atoms with Gasteiger partial charge < -0.3 is 15.7 Å². The van der Waals surface area contributed by atoms with Crippen molar-refractivity contribution in [3.63, 3.8) is 0 Å². The highest BCUT2D eigenvalue weighted by atomic mass is 32.2. The lowest BCUT2D eigenvalue weighted by molar-refractivity contribution is -0.127. The Morgan fingerprint density at radius 2 is 2.24 bits per heavy atom. The molecule has 0 bridgehead atoms. The highest BCUT2D eigenvalue weighted by Crippen LogP contribution is 2.10. The van der Waals surface area contributed by atoms with Gasteiger partial charge in [-0.25, -0.2) is 0 Å². The van der Waals surface area contributed by atoms with Gasteiger partial charge in [-0.3, -0.25) is 19.4 Å². The van der Waals surface area contributed by atoms with Gasteiger partial charge in [-0.05, 0) is 11.4 Å². The fourth-order valence-corrected chi connectivity index (χ4v) is 2.93. The fourth-order valence-electron chi connectivity index (χ4n) is 1.54. The fraction of sp³-hybridized carbons (Fsp3) is 0.333. The van der Waals surface area contributed by atoms with Crippen LogP contribution in [0.3, 0.4) is 0 Å². The largest absolute Gasteiger partial charge is 0.394 e. The Bertz CT molecular complexity index is 571. The summed E-state index contributed by atoms with van der Waals surface area (Å²) in [6, 6.07) is 1.98. The molecule has 1 aliphatic rings. The number of aliphatic hydroxyl groups is 1. The van der Waals surface area contributed by atoms with Crippen LogP contribution in [0, 0.1) is 0 Å². The molecule has 0 aromatic carbocycles. The third kappa shape index (κ3) is 4.13. The number of hydrogen-bond donors (Lipinski definition) is 3. The van der Waals surface area contributed by atoms with Gasteiger partial charge in [0, 0.05) is 5.75 Å². The topological polar surface area (TPSA) is 108 Å². The van der Waals surface area contributed by atoms with Crippen LogP contribution < -0.4 is 10.6 Å². The number of Topliss-reactive ketones (excluding diaryl/α,β-unsaturated/α-hetero) is 1. The van der Waals surface area contributed by atoms with Crippen LogP contribution in [-0.4, -0.2) is 52.8 Å². The van der Waals surface area contributed by atoms with E-state index < -0.39 is 30.2 Å². The molecule has 0 radical (unpaired) electrons. The minimum absolute atomic E-state index is 0.278. The van der Waals surface area contributed by atoms with E-state index in [4.69, 9.17) is 0 Å². The van der Waals surface area contributed by atoms with E-state index in [1.807, 2.05) is 0 Å². The molecule has 2 amide bonds. The first-order valence-electron chi connectivity index (χ1n) is 6.09. The van der Waals surface area contributed by atoms with Crippen molar-refractivity contribution in [2.45, 2.75) is 6.04 Å². The number of thiophene rings is 1. The lowest BCUT2D eigenvalue weighted by Crippen LogP contribution is -2.51. The number of carbonyl (C=O) groups is 3. The number of carbonyl (C=O) groups excluding carboxylic acids is 3. The van der Waals surface area contributed by atoms with E-state index in [2.05, 4.69) is 15.6 Å². The van der Waals surface area contributed by atoms with Gasteiger partial charge >= 0.3 is 0 Å². The molecule has 112 valence electrons. The van der Waals surface area contributed by atoms with E-state index in [9.17, 15) is 19.5 Å². The van der Waals surface area contributed by atoms with E-state index in [0.717, 1.165) is 17.1 Å². The second-order valence-electron chi connectivity index (χ2n) is 4.04. The van der Waals surface area contributed by atoms with Crippen LogP contribution in [0.15, 0.2) is 22.5 Å². The van der Waals surface area contributed by atoms with Gasteiger partial charge in [-0.1, -0.05) is 17.8 Å². The molecule has 0 saturated heterocycles. The maximum absolute atomic E-state index is 11.9. The van der Waals surface area contributed by atoms with Crippen molar-refractivity contribution < 1.29 is 19.5 Å². The van der Waals surface area contributed by atoms with Crippen molar-refractivity contribution >= 4 is 45.9 Å². The number of ketones is 1. The van der Waals surface area contributed by atoms with Crippen molar-refractivity contribution in [2.75, 3.05) is 18.9 Å². The molecule has 1 atom stereocenters. The molecule has 0 aliphatic carbocycles. The second-order valence-corrected chi connectivity index (χ2v) is 6.07. The van der Waals surface area contributed by atoms with E-state index >= 15 is 0 Å². The smallest absolute Gasteiger partial charge is 0.293 e. The second kappa shape index (κ2) is 7.34. The maximum Gasteiger partial charge on any atom is 0.293 e. The van der Waals surface area contributed by atoms with Crippen molar-refractivity contribution in [1.82, 2.24) is 10.6 Å². The molecular formula is C12H13N3O4S2. The summed E-state index contributed by atoms with van der Waals surface area (Å²) in [6.07, 6.45) is 0. The number of amidine groups is 1. The normalized spacial score (nSPS) is 15.2. The summed E-state index contributed by atoms with van der Waals surface area (Å²) in [7, 11) is 0. The molecule has 21 heavy (non-hydrogen) atoms. The minimum atomic E-state index is -1.19. The van der Waals surface area contributed by atoms with Crippen molar-refractivity contribution in [3.05, 3.63) is 22.4 Å². The van der Waals surface area contributed by atoms with Gasteiger partial charge in [0.15, 0.2) is 5.17 Å². The first-order valence-corrected chi connectivity index (χ1v) is 7.96. The highest BCUT2D eigenvalue weighted by molar-refractivity contribution is 8.14. The number of thioether (sulfide) groups is 1. The number of amides is 2. The van der Waals surface area contributed by atoms with Crippen molar-refractivity contribution in [2.24, 2.45) is 4.99 Å². The van der Waals surface area contributed by atoms with Gasteiger partial charge in [-0.15, -0.1) is 11.3 Å². The minimum Gasteiger partial charge on any atom is -0.394 e. The molecule has 1 aliphatic heterocycles. The van der Waals surface area contributed by atoms with Crippen LogP contribution in [0.1, 0.15) is 9.67 Å². The van der Waals surface area contributed by atoms with Crippen LogP contribution in [0.2, 0.25) is 0 Å². The molecule has 2 rings (SSSR count). The summed E-state index contributed by atoms with van der Waals surface area (Å²) in [6.45, 7) is 0.0144. The van der Waals surface area contributed by atoms with Gasteiger partial charge in [0.05, 0.1) is 18.0 Å². The third-order valence-electron chi connectivity index (χ3n) is 2.57. The molecule has 7 nitrogen and oxygen atoms in total. The molecular weight excluding hydrogens is 314 g/mol. The lowest BCUT2D eigenvalue weighted by Gasteiger charge is -2.15. The van der Waals surface area contributed by atoms with Crippen LogP contribution in [-0.2, 0) is 9.59 Å². The summed E-state index contributed by atoms with van der Waals surface area (Å²) >= 11 is 2.51. The van der Waals surface area contributed by atoms with Gasteiger partial charge in [0.25, 0.3) is 17.6 Å². The number of aliphatic hydroxyl groups excluding tert-OH is 1. The van der Waals surface area contributed by atoms with Crippen LogP contribution >= 0.6 is 23.1 Å². The standard InChI is InChI=1S/C12H13N3O4S2/c16-6-7(10(18)15-12-13-3-5-21-12)14-11(19)9(17)8-2-1-4-20-8/h1-2,4,7,16H,3,5-6H2,(H,14,19)(H,13,15,18)/t7-/m0/s1. The maximum atomic E-state index is 11.9.